The van der Waals surface area contributed by atoms with E-state index in [-0.39, 0.29) is 11.8 Å². The molecule has 0 spiro atoms. The van der Waals surface area contributed by atoms with E-state index in [1.54, 1.807) is 30.3 Å². The minimum atomic E-state index is -0.291. The normalized spacial score (nSPS) is 13.4. The molecule has 5 nitrogen and oxygen atoms in total. The predicted molar refractivity (Wildman–Crippen MR) is 104 cm³/mol. The molecule has 3 aromatic carbocycles. The van der Waals surface area contributed by atoms with Crippen molar-refractivity contribution in [1.82, 2.24) is 9.97 Å². The van der Waals surface area contributed by atoms with Crippen LogP contribution >= 0.6 is 0 Å². The molecular formula is C22H15N3O2. The fourth-order valence-electron chi connectivity index (χ4n) is 3.61. The average Bonchev–Trinajstić information content (AvgIpc) is 3.22. The molecular weight excluding hydrogens is 338 g/mol. The summed E-state index contributed by atoms with van der Waals surface area (Å²) < 4.78 is 0. The maximum absolute atomic E-state index is 12.8. The number of imide groups is 1. The molecule has 1 aromatic heterocycles. The maximum atomic E-state index is 12.8. The lowest BCUT2D eigenvalue weighted by Gasteiger charge is -2.18. The number of anilines is 1. The first-order valence-electron chi connectivity index (χ1n) is 8.67. The molecule has 130 valence electrons. The van der Waals surface area contributed by atoms with E-state index in [9.17, 15) is 9.59 Å². The van der Waals surface area contributed by atoms with Crippen molar-refractivity contribution in [3.63, 3.8) is 0 Å². The summed E-state index contributed by atoms with van der Waals surface area (Å²) in [6.45, 7) is 1.90. The van der Waals surface area contributed by atoms with E-state index in [1.165, 1.54) is 4.90 Å². The topological polar surface area (TPSA) is 66.1 Å². The van der Waals surface area contributed by atoms with Gasteiger partial charge in [0.2, 0.25) is 0 Å². The number of nitrogens with zero attached hydrogens (tertiary/aromatic N) is 2. The molecule has 0 atom stereocenters. The number of aromatic nitrogens is 2. The lowest BCUT2D eigenvalue weighted by Crippen LogP contribution is -2.30. The zero-order chi connectivity index (χ0) is 18.5. The van der Waals surface area contributed by atoms with E-state index in [0.29, 0.717) is 22.6 Å². The Bertz CT molecular complexity index is 1170. The number of benzene rings is 3. The van der Waals surface area contributed by atoms with E-state index >= 15 is 0 Å². The Balaban J connectivity index is 1.64. The third-order valence-electron chi connectivity index (χ3n) is 4.98. The number of rotatable bonds is 2. The molecule has 0 saturated heterocycles. The highest BCUT2D eigenvalue weighted by molar-refractivity contribution is 6.34. The number of imidazole rings is 1. The molecule has 1 aliphatic rings. The van der Waals surface area contributed by atoms with E-state index in [4.69, 9.17) is 0 Å². The molecule has 1 N–H and O–H groups in total. The summed E-state index contributed by atoms with van der Waals surface area (Å²) in [4.78, 5) is 34.9. The molecule has 0 fully saturated rings. The van der Waals surface area contributed by atoms with Crippen molar-refractivity contribution in [2.24, 2.45) is 0 Å². The van der Waals surface area contributed by atoms with Crippen molar-refractivity contribution in [2.75, 3.05) is 4.90 Å². The van der Waals surface area contributed by atoms with Gasteiger partial charge in [0.1, 0.15) is 5.82 Å². The van der Waals surface area contributed by atoms with E-state index in [2.05, 4.69) is 9.97 Å². The molecule has 2 heterocycles. The predicted octanol–water partition coefficient (Wildman–Crippen LogP) is 4.34. The van der Waals surface area contributed by atoms with E-state index in [1.807, 2.05) is 43.3 Å². The molecule has 0 saturated carbocycles. The highest BCUT2D eigenvalue weighted by Crippen LogP contribution is 2.34. The van der Waals surface area contributed by atoms with Gasteiger partial charge in [-0.05, 0) is 42.8 Å². The third-order valence-corrected chi connectivity index (χ3v) is 4.98. The zero-order valence-electron chi connectivity index (χ0n) is 14.6. The van der Waals surface area contributed by atoms with E-state index < -0.39 is 0 Å². The molecule has 0 bridgehead atoms. The van der Waals surface area contributed by atoms with Crippen LogP contribution in [-0.2, 0) is 0 Å². The second-order valence-electron chi connectivity index (χ2n) is 6.54. The summed E-state index contributed by atoms with van der Waals surface area (Å²) in [5, 5.41) is 0. The Morgan fingerprint density at radius 2 is 1.41 bits per heavy atom. The smallest absolute Gasteiger partial charge is 0.266 e. The number of H-pyrrole nitrogens is 1. The van der Waals surface area contributed by atoms with Gasteiger partial charge in [-0.2, -0.15) is 0 Å². The first kappa shape index (κ1) is 15.5. The summed E-state index contributed by atoms with van der Waals surface area (Å²) in [5.41, 5.74) is 4.97. The zero-order valence-corrected chi connectivity index (χ0v) is 14.6. The van der Waals surface area contributed by atoms with Crippen LogP contribution in [-0.4, -0.2) is 21.8 Å². The second-order valence-corrected chi connectivity index (χ2v) is 6.54. The Morgan fingerprint density at radius 1 is 0.778 bits per heavy atom. The monoisotopic (exact) mass is 353 g/mol. The quantitative estimate of drug-likeness (QED) is 0.545. The van der Waals surface area contributed by atoms with Crippen LogP contribution in [0.4, 0.5) is 5.69 Å². The Morgan fingerprint density at radius 3 is 2.11 bits per heavy atom. The van der Waals surface area contributed by atoms with Crippen LogP contribution in [0.3, 0.4) is 0 Å². The van der Waals surface area contributed by atoms with Crippen LogP contribution in [0.15, 0.2) is 66.7 Å². The number of para-hydroxylation sites is 2. The molecule has 0 aliphatic carbocycles. The molecule has 0 radical (unpaired) electrons. The fraction of sp³-hybridized carbons (Fsp3) is 0.0455. The molecule has 27 heavy (non-hydrogen) atoms. The lowest BCUT2D eigenvalue weighted by molar-refractivity contribution is 0.0926. The maximum Gasteiger partial charge on any atom is 0.266 e. The van der Waals surface area contributed by atoms with Gasteiger partial charge in [-0.15, -0.1) is 0 Å². The SMILES string of the molecule is Cc1c(-c2nc3ccccc3[nH]2)cccc1N1C(=O)c2ccccc2C1=O. The number of aromatic amines is 1. The summed E-state index contributed by atoms with van der Waals surface area (Å²) in [7, 11) is 0. The van der Waals surface area contributed by atoms with Gasteiger partial charge in [0.05, 0.1) is 27.8 Å². The Kier molecular flexibility index (Phi) is 3.24. The molecule has 5 heteroatoms. The van der Waals surface area contributed by atoms with Crippen LogP contribution in [0, 0.1) is 6.92 Å². The van der Waals surface area contributed by atoms with Gasteiger partial charge in [-0.25, -0.2) is 9.88 Å². The van der Waals surface area contributed by atoms with Crippen molar-refractivity contribution in [1.29, 1.82) is 0 Å². The minimum absolute atomic E-state index is 0.291. The van der Waals surface area contributed by atoms with Crippen LogP contribution in [0.25, 0.3) is 22.4 Å². The number of hydrogen-bond donors (Lipinski definition) is 1. The average molecular weight is 353 g/mol. The molecule has 2 amide bonds. The second kappa shape index (κ2) is 5.64. The number of amides is 2. The molecule has 1 aliphatic heterocycles. The van der Waals surface area contributed by atoms with Gasteiger partial charge in [-0.3, -0.25) is 9.59 Å². The molecule has 0 unspecified atom stereocenters. The minimum Gasteiger partial charge on any atom is -0.338 e. The largest absolute Gasteiger partial charge is 0.338 e. The van der Waals surface area contributed by atoms with Crippen LogP contribution in [0.1, 0.15) is 26.3 Å². The number of hydrogen-bond acceptors (Lipinski definition) is 3. The third kappa shape index (κ3) is 2.22. The number of fused-ring (bicyclic) bond motifs is 2. The van der Waals surface area contributed by atoms with Gasteiger partial charge in [0.25, 0.3) is 11.8 Å². The van der Waals surface area contributed by atoms with Crippen molar-refractivity contribution in [2.45, 2.75) is 6.92 Å². The fourth-order valence-corrected chi connectivity index (χ4v) is 3.61. The lowest BCUT2D eigenvalue weighted by atomic mass is 10.1. The summed E-state index contributed by atoms with van der Waals surface area (Å²) in [6, 6.07) is 20.3. The Hall–Kier alpha value is -3.73. The van der Waals surface area contributed by atoms with Crippen molar-refractivity contribution in [3.8, 4) is 11.4 Å². The summed E-state index contributed by atoms with van der Waals surface area (Å²) >= 11 is 0. The van der Waals surface area contributed by atoms with Gasteiger partial charge in [-0.1, -0.05) is 36.4 Å². The first-order valence-corrected chi connectivity index (χ1v) is 8.67. The van der Waals surface area contributed by atoms with E-state index in [0.717, 1.165) is 22.2 Å². The summed E-state index contributed by atoms with van der Waals surface area (Å²) in [6.07, 6.45) is 0. The molecule has 4 aromatic rings. The first-order chi connectivity index (χ1) is 13.1. The van der Waals surface area contributed by atoms with Crippen LogP contribution in [0.2, 0.25) is 0 Å². The summed E-state index contributed by atoms with van der Waals surface area (Å²) in [5.74, 6) is 0.132. The highest BCUT2D eigenvalue weighted by atomic mass is 16.2. The number of nitrogens with one attached hydrogen (secondary N) is 1. The van der Waals surface area contributed by atoms with Crippen LogP contribution in [0.5, 0.6) is 0 Å². The van der Waals surface area contributed by atoms with Crippen molar-refractivity contribution < 1.29 is 9.59 Å². The van der Waals surface area contributed by atoms with Crippen LogP contribution < -0.4 is 4.90 Å². The van der Waals surface area contributed by atoms with Crippen molar-refractivity contribution in [3.05, 3.63) is 83.4 Å². The van der Waals surface area contributed by atoms with Crippen molar-refractivity contribution >= 4 is 28.5 Å². The van der Waals surface area contributed by atoms with Gasteiger partial charge < -0.3 is 4.98 Å². The number of carbonyl (C=O) groups is 2. The molecule has 5 rings (SSSR count). The highest BCUT2D eigenvalue weighted by Gasteiger charge is 2.37. The Labute approximate surface area is 155 Å². The van der Waals surface area contributed by atoms with Gasteiger partial charge in [0.15, 0.2) is 0 Å². The number of carbonyl (C=O) groups excluding carboxylic acids is 2. The standard InChI is InChI=1S/C22H15N3O2/c1-13-14(20-23-17-10-4-5-11-18(17)24-20)9-6-12-19(13)25-21(26)15-7-2-3-8-16(15)22(25)27/h2-12H,1H3,(H,23,24). The van der Waals surface area contributed by atoms with Gasteiger partial charge >= 0.3 is 0 Å². The van der Waals surface area contributed by atoms with Gasteiger partial charge in [0, 0.05) is 5.56 Å².